The number of nitrogens with zero attached hydrogens (tertiary/aromatic N) is 2. The molecule has 1 amide bonds. The second-order valence-corrected chi connectivity index (χ2v) is 4.65. The van der Waals surface area contributed by atoms with E-state index in [1.807, 2.05) is 0 Å². The summed E-state index contributed by atoms with van der Waals surface area (Å²) in [6, 6.07) is 5.21. The molecule has 0 saturated heterocycles. The van der Waals surface area contributed by atoms with E-state index < -0.39 is 5.54 Å². The summed E-state index contributed by atoms with van der Waals surface area (Å²) in [6.45, 7) is -0.00781. The number of aliphatic hydroxyl groups is 1. The molecule has 0 aliphatic heterocycles. The Labute approximate surface area is 104 Å². The van der Waals surface area contributed by atoms with Crippen molar-refractivity contribution in [2.75, 3.05) is 6.61 Å². The van der Waals surface area contributed by atoms with Gasteiger partial charge in [-0.05, 0) is 31.0 Å². The van der Waals surface area contributed by atoms with Crippen LogP contribution in [-0.4, -0.2) is 33.1 Å². The minimum Gasteiger partial charge on any atom is -0.394 e. The van der Waals surface area contributed by atoms with Gasteiger partial charge in [-0.3, -0.25) is 14.8 Å². The molecule has 1 aromatic heterocycles. The summed E-state index contributed by atoms with van der Waals surface area (Å²) in [5.41, 5.74) is 1.60. The predicted octanol–water partition coefficient (Wildman–Crippen LogP) is 0.884. The number of hydrogen-bond acceptors (Lipinski definition) is 4. The molecule has 2 N–H and O–H groups in total. The van der Waals surface area contributed by atoms with E-state index in [9.17, 15) is 9.90 Å². The zero-order valence-corrected chi connectivity index (χ0v) is 9.76. The van der Waals surface area contributed by atoms with Crippen LogP contribution in [0.1, 0.15) is 23.2 Å². The van der Waals surface area contributed by atoms with Crippen LogP contribution in [-0.2, 0) is 0 Å². The number of hydrogen-bond donors (Lipinski definition) is 2. The van der Waals surface area contributed by atoms with Crippen molar-refractivity contribution in [3.05, 3.63) is 36.2 Å². The van der Waals surface area contributed by atoms with Crippen LogP contribution >= 0.6 is 0 Å². The summed E-state index contributed by atoms with van der Waals surface area (Å²) in [5.74, 6) is -0.172. The second-order valence-electron chi connectivity index (χ2n) is 4.65. The predicted molar refractivity (Wildman–Crippen MR) is 66.1 cm³/mol. The Kier molecular flexibility index (Phi) is 2.48. The van der Waals surface area contributed by atoms with Crippen molar-refractivity contribution >= 4 is 16.9 Å². The first kappa shape index (κ1) is 11.1. The van der Waals surface area contributed by atoms with Gasteiger partial charge in [0.25, 0.3) is 5.91 Å². The lowest BCUT2D eigenvalue weighted by molar-refractivity contribution is 0.0907. The van der Waals surface area contributed by atoms with Crippen molar-refractivity contribution in [1.29, 1.82) is 0 Å². The third kappa shape index (κ3) is 1.93. The molecule has 1 heterocycles. The first-order chi connectivity index (χ1) is 8.72. The van der Waals surface area contributed by atoms with Gasteiger partial charge < -0.3 is 10.4 Å². The molecule has 1 aliphatic rings. The zero-order chi connectivity index (χ0) is 12.6. The number of rotatable bonds is 3. The molecule has 1 saturated carbocycles. The Balaban J connectivity index is 1.87. The summed E-state index contributed by atoms with van der Waals surface area (Å²) in [7, 11) is 0. The van der Waals surface area contributed by atoms with Crippen LogP contribution in [0.2, 0.25) is 0 Å². The van der Waals surface area contributed by atoms with Crippen molar-refractivity contribution in [1.82, 2.24) is 15.3 Å². The summed E-state index contributed by atoms with van der Waals surface area (Å²) in [5, 5.41) is 12.0. The molecule has 1 aromatic carbocycles. The van der Waals surface area contributed by atoms with Gasteiger partial charge in [0.2, 0.25) is 0 Å². The molecule has 18 heavy (non-hydrogen) atoms. The molecule has 0 unspecified atom stereocenters. The number of carbonyl (C=O) groups is 1. The number of amides is 1. The second kappa shape index (κ2) is 4.03. The standard InChI is InChI=1S/C13H13N3O2/c17-8-13(3-4-13)16-12(18)9-1-2-10-11(7-9)15-6-5-14-10/h1-2,5-7,17H,3-4,8H2,(H,16,18). The van der Waals surface area contributed by atoms with Crippen molar-refractivity contribution in [3.8, 4) is 0 Å². The molecule has 1 aliphatic carbocycles. The van der Waals surface area contributed by atoms with Crippen LogP contribution < -0.4 is 5.32 Å². The van der Waals surface area contributed by atoms with Crippen molar-refractivity contribution in [2.45, 2.75) is 18.4 Å². The number of carbonyl (C=O) groups excluding carboxylic acids is 1. The smallest absolute Gasteiger partial charge is 0.251 e. The molecule has 1 fully saturated rings. The lowest BCUT2D eigenvalue weighted by Crippen LogP contribution is -2.39. The van der Waals surface area contributed by atoms with Gasteiger partial charge in [-0.1, -0.05) is 0 Å². The maximum atomic E-state index is 12.0. The van der Waals surface area contributed by atoms with E-state index in [4.69, 9.17) is 0 Å². The fourth-order valence-corrected chi connectivity index (χ4v) is 1.89. The number of aliphatic hydroxyl groups excluding tert-OH is 1. The molecular weight excluding hydrogens is 230 g/mol. The van der Waals surface area contributed by atoms with E-state index in [1.54, 1.807) is 30.6 Å². The van der Waals surface area contributed by atoms with E-state index in [0.717, 1.165) is 18.4 Å². The van der Waals surface area contributed by atoms with E-state index in [2.05, 4.69) is 15.3 Å². The quantitative estimate of drug-likeness (QED) is 0.839. The molecule has 3 rings (SSSR count). The topological polar surface area (TPSA) is 75.1 Å². The zero-order valence-electron chi connectivity index (χ0n) is 9.76. The highest BCUT2D eigenvalue weighted by molar-refractivity contribution is 5.97. The number of benzene rings is 1. The Bertz CT molecular complexity index is 608. The van der Waals surface area contributed by atoms with Crippen LogP contribution in [0.25, 0.3) is 11.0 Å². The first-order valence-electron chi connectivity index (χ1n) is 5.87. The van der Waals surface area contributed by atoms with E-state index >= 15 is 0 Å². The molecule has 0 radical (unpaired) electrons. The minimum absolute atomic E-state index is 0.00781. The van der Waals surface area contributed by atoms with Crippen molar-refractivity contribution in [3.63, 3.8) is 0 Å². The monoisotopic (exact) mass is 243 g/mol. The van der Waals surface area contributed by atoms with Crippen LogP contribution in [0.15, 0.2) is 30.6 Å². The summed E-state index contributed by atoms with van der Waals surface area (Å²) in [6.07, 6.45) is 4.89. The molecular formula is C13H13N3O2. The highest BCUT2D eigenvalue weighted by Gasteiger charge is 2.43. The summed E-state index contributed by atoms with van der Waals surface area (Å²) < 4.78 is 0. The average Bonchev–Trinajstić information content (AvgIpc) is 3.18. The van der Waals surface area contributed by atoms with Crippen LogP contribution in [0.3, 0.4) is 0 Å². The number of aromatic nitrogens is 2. The average molecular weight is 243 g/mol. The van der Waals surface area contributed by atoms with Crippen molar-refractivity contribution in [2.24, 2.45) is 0 Å². The van der Waals surface area contributed by atoms with Gasteiger partial charge in [0, 0.05) is 18.0 Å². The van der Waals surface area contributed by atoms with Crippen molar-refractivity contribution < 1.29 is 9.90 Å². The largest absolute Gasteiger partial charge is 0.394 e. The Morgan fingerprint density at radius 2 is 2.00 bits per heavy atom. The highest BCUT2D eigenvalue weighted by Crippen LogP contribution is 2.34. The van der Waals surface area contributed by atoms with Gasteiger partial charge in [0.15, 0.2) is 0 Å². The normalized spacial score (nSPS) is 16.5. The molecule has 5 nitrogen and oxygen atoms in total. The lowest BCUT2D eigenvalue weighted by atomic mass is 10.1. The fourth-order valence-electron chi connectivity index (χ4n) is 1.89. The third-order valence-corrected chi connectivity index (χ3v) is 3.27. The van der Waals surface area contributed by atoms with E-state index in [0.29, 0.717) is 11.1 Å². The molecule has 92 valence electrons. The van der Waals surface area contributed by atoms with Gasteiger partial charge in [-0.15, -0.1) is 0 Å². The van der Waals surface area contributed by atoms with Gasteiger partial charge >= 0.3 is 0 Å². The Morgan fingerprint density at radius 3 is 2.67 bits per heavy atom. The third-order valence-electron chi connectivity index (χ3n) is 3.27. The molecule has 5 heteroatoms. The lowest BCUT2D eigenvalue weighted by Gasteiger charge is -2.14. The minimum atomic E-state index is -0.394. The fraction of sp³-hybridized carbons (Fsp3) is 0.308. The summed E-state index contributed by atoms with van der Waals surface area (Å²) in [4.78, 5) is 20.3. The maximum absolute atomic E-state index is 12.0. The maximum Gasteiger partial charge on any atom is 0.251 e. The Hall–Kier alpha value is -2.01. The Morgan fingerprint density at radius 1 is 1.28 bits per heavy atom. The molecule has 0 spiro atoms. The number of nitrogens with one attached hydrogen (secondary N) is 1. The van der Waals surface area contributed by atoms with Crippen LogP contribution in [0.4, 0.5) is 0 Å². The van der Waals surface area contributed by atoms with Gasteiger partial charge in [0.05, 0.1) is 23.2 Å². The SMILES string of the molecule is O=C(NC1(CO)CC1)c1ccc2nccnc2c1. The van der Waals surface area contributed by atoms with E-state index in [-0.39, 0.29) is 12.5 Å². The summed E-state index contributed by atoms with van der Waals surface area (Å²) >= 11 is 0. The van der Waals surface area contributed by atoms with E-state index in [1.165, 1.54) is 0 Å². The molecule has 0 bridgehead atoms. The number of fused-ring (bicyclic) bond motifs is 1. The molecule has 0 atom stereocenters. The van der Waals surface area contributed by atoms with Crippen LogP contribution in [0, 0.1) is 0 Å². The van der Waals surface area contributed by atoms with Gasteiger partial charge in [-0.2, -0.15) is 0 Å². The van der Waals surface area contributed by atoms with Gasteiger partial charge in [0.1, 0.15) is 0 Å². The van der Waals surface area contributed by atoms with Gasteiger partial charge in [-0.25, -0.2) is 0 Å². The first-order valence-corrected chi connectivity index (χ1v) is 5.87. The highest BCUT2D eigenvalue weighted by atomic mass is 16.3. The van der Waals surface area contributed by atoms with Crippen LogP contribution in [0.5, 0.6) is 0 Å². The molecule has 2 aromatic rings.